The first kappa shape index (κ1) is 10.1. The molecule has 2 aliphatic carbocycles. The molecule has 0 radical (unpaired) electrons. The van der Waals surface area contributed by atoms with Gasteiger partial charge in [0.25, 0.3) is 0 Å². The van der Waals surface area contributed by atoms with Gasteiger partial charge in [0.1, 0.15) is 5.82 Å². The van der Waals surface area contributed by atoms with E-state index in [4.69, 9.17) is 4.98 Å². The molecule has 3 aliphatic rings. The maximum absolute atomic E-state index is 4.92. The van der Waals surface area contributed by atoms with Crippen molar-refractivity contribution in [3.63, 3.8) is 0 Å². The predicted octanol–water partition coefficient (Wildman–Crippen LogP) is 2.06. The van der Waals surface area contributed by atoms with Crippen molar-refractivity contribution < 1.29 is 0 Å². The van der Waals surface area contributed by atoms with Gasteiger partial charge < -0.3 is 9.88 Å². The van der Waals surface area contributed by atoms with Gasteiger partial charge in [0.15, 0.2) is 0 Å². The molecule has 1 aliphatic heterocycles. The topological polar surface area (TPSA) is 29.9 Å². The van der Waals surface area contributed by atoms with E-state index in [0.717, 1.165) is 30.8 Å². The largest absolute Gasteiger partial charge is 0.331 e. The number of nitrogens with zero attached hydrogens (tertiary/aromatic N) is 2. The summed E-state index contributed by atoms with van der Waals surface area (Å²) in [6.07, 6.45) is 5.33. The van der Waals surface area contributed by atoms with Gasteiger partial charge in [-0.15, -0.1) is 0 Å². The molecule has 0 bridgehead atoms. The molecule has 2 unspecified atom stereocenters. The lowest BCUT2D eigenvalue weighted by Gasteiger charge is -2.16. The normalized spacial score (nSPS) is 31.4. The van der Waals surface area contributed by atoms with Crippen molar-refractivity contribution in [3.05, 3.63) is 17.2 Å². The number of hydrogen-bond acceptors (Lipinski definition) is 2. The van der Waals surface area contributed by atoms with E-state index in [0.29, 0.717) is 0 Å². The quantitative estimate of drug-likeness (QED) is 0.863. The Morgan fingerprint density at radius 3 is 2.94 bits per heavy atom. The van der Waals surface area contributed by atoms with E-state index in [1.165, 1.54) is 43.7 Å². The minimum absolute atomic E-state index is 0.787. The van der Waals surface area contributed by atoms with Gasteiger partial charge in [-0.3, -0.25) is 0 Å². The second-order valence-electron chi connectivity index (χ2n) is 6.15. The maximum Gasteiger partial charge on any atom is 0.112 e. The van der Waals surface area contributed by atoms with Crippen LogP contribution in [0.2, 0.25) is 0 Å². The van der Waals surface area contributed by atoms with E-state index in [9.17, 15) is 0 Å². The fourth-order valence-electron chi connectivity index (χ4n) is 3.14. The molecule has 0 saturated heterocycles. The van der Waals surface area contributed by atoms with Crippen LogP contribution in [0.4, 0.5) is 0 Å². The van der Waals surface area contributed by atoms with Gasteiger partial charge in [0.2, 0.25) is 0 Å². The van der Waals surface area contributed by atoms with E-state index >= 15 is 0 Å². The summed E-state index contributed by atoms with van der Waals surface area (Å²) in [5.41, 5.74) is 2.89. The van der Waals surface area contributed by atoms with E-state index in [1.54, 1.807) is 5.69 Å². The molecule has 2 atom stereocenters. The summed E-state index contributed by atoms with van der Waals surface area (Å²) in [6, 6.07) is 0. The van der Waals surface area contributed by atoms with Crippen molar-refractivity contribution in [1.29, 1.82) is 0 Å². The summed E-state index contributed by atoms with van der Waals surface area (Å²) in [5, 5.41) is 3.44. The molecular formula is C14H21N3. The fourth-order valence-corrected chi connectivity index (χ4v) is 3.14. The summed E-state index contributed by atoms with van der Waals surface area (Å²) in [5.74, 6) is 4.08. The summed E-state index contributed by atoms with van der Waals surface area (Å²) in [7, 11) is 0. The Labute approximate surface area is 103 Å². The number of hydrogen-bond donors (Lipinski definition) is 1. The SMILES string of the molecule is CC1CC1Cn1c(C2CC2)nc2c1CCNC2. The summed E-state index contributed by atoms with van der Waals surface area (Å²) >= 11 is 0. The summed E-state index contributed by atoms with van der Waals surface area (Å²) in [4.78, 5) is 4.92. The molecule has 4 rings (SSSR count). The third-order valence-corrected chi connectivity index (χ3v) is 4.65. The van der Waals surface area contributed by atoms with E-state index in [2.05, 4.69) is 16.8 Å². The van der Waals surface area contributed by atoms with Crippen LogP contribution in [0.25, 0.3) is 0 Å². The molecule has 2 fully saturated rings. The van der Waals surface area contributed by atoms with Crippen LogP contribution in [0.1, 0.15) is 49.3 Å². The van der Waals surface area contributed by atoms with Gasteiger partial charge in [0, 0.05) is 37.7 Å². The molecule has 3 nitrogen and oxygen atoms in total. The molecule has 0 spiro atoms. The number of rotatable bonds is 3. The Hall–Kier alpha value is -0.830. The first-order valence-electron chi connectivity index (χ1n) is 7.12. The Morgan fingerprint density at radius 1 is 1.41 bits per heavy atom. The highest BCUT2D eigenvalue weighted by atomic mass is 15.1. The van der Waals surface area contributed by atoms with Crippen molar-refractivity contribution >= 4 is 0 Å². The molecule has 1 aromatic heterocycles. The van der Waals surface area contributed by atoms with Crippen LogP contribution in [0.3, 0.4) is 0 Å². The molecule has 1 N–H and O–H groups in total. The monoisotopic (exact) mass is 231 g/mol. The number of aromatic nitrogens is 2. The lowest BCUT2D eigenvalue weighted by molar-refractivity contribution is 0.532. The van der Waals surface area contributed by atoms with Crippen molar-refractivity contribution in [3.8, 4) is 0 Å². The zero-order valence-corrected chi connectivity index (χ0v) is 10.6. The third kappa shape index (κ3) is 1.71. The van der Waals surface area contributed by atoms with Gasteiger partial charge in [-0.25, -0.2) is 4.98 Å². The minimum atomic E-state index is 0.787. The average molecular weight is 231 g/mol. The van der Waals surface area contributed by atoms with Crippen LogP contribution in [0.15, 0.2) is 0 Å². The van der Waals surface area contributed by atoms with Gasteiger partial charge in [-0.2, -0.15) is 0 Å². The molecule has 92 valence electrons. The number of nitrogens with one attached hydrogen (secondary N) is 1. The van der Waals surface area contributed by atoms with Crippen molar-refractivity contribution in [1.82, 2.24) is 14.9 Å². The Morgan fingerprint density at radius 2 is 2.24 bits per heavy atom. The second-order valence-corrected chi connectivity index (χ2v) is 6.15. The second kappa shape index (κ2) is 3.58. The number of fused-ring (bicyclic) bond motifs is 1. The molecule has 1 aromatic rings. The first-order valence-corrected chi connectivity index (χ1v) is 7.12. The Balaban J connectivity index is 1.70. The third-order valence-electron chi connectivity index (χ3n) is 4.65. The fraction of sp³-hybridized carbons (Fsp3) is 0.786. The van der Waals surface area contributed by atoms with Crippen molar-refractivity contribution in [2.45, 2.75) is 51.6 Å². The van der Waals surface area contributed by atoms with E-state index in [1.807, 2.05) is 0 Å². The first-order chi connectivity index (χ1) is 8.33. The molecule has 17 heavy (non-hydrogen) atoms. The minimum Gasteiger partial charge on any atom is -0.331 e. The molecule has 2 saturated carbocycles. The van der Waals surface area contributed by atoms with E-state index < -0.39 is 0 Å². The van der Waals surface area contributed by atoms with Crippen LogP contribution in [-0.4, -0.2) is 16.1 Å². The van der Waals surface area contributed by atoms with Crippen LogP contribution < -0.4 is 5.32 Å². The van der Waals surface area contributed by atoms with Crippen LogP contribution in [0, 0.1) is 11.8 Å². The highest BCUT2D eigenvalue weighted by Crippen LogP contribution is 2.44. The molecule has 0 aromatic carbocycles. The highest BCUT2D eigenvalue weighted by molar-refractivity contribution is 5.24. The summed E-state index contributed by atoms with van der Waals surface area (Å²) < 4.78 is 2.60. The lowest BCUT2D eigenvalue weighted by Crippen LogP contribution is -2.25. The van der Waals surface area contributed by atoms with Gasteiger partial charge >= 0.3 is 0 Å². The van der Waals surface area contributed by atoms with Gasteiger partial charge in [-0.05, 0) is 31.1 Å². The molecule has 2 heterocycles. The smallest absolute Gasteiger partial charge is 0.112 e. The standard InChI is InChI=1S/C14H21N3/c1-9-6-11(9)8-17-13-4-5-15-7-12(13)16-14(17)10-2-3-10/h9-11,15H,2-8H2,1H3. The van der Waals surface area contributed by atoms with E-state index in [-0.39, 0.29) is 0 Å². The van der Waals surface area contributed by atoms with Gasteiger partial charge in [-0.1, -0.05) is 6.92 Å². The summed E-state index contributed by atoms with van der Waals surface area (Å²) in [6.45, 7) is 5.74. The Bertz CT molecular complexity index is 445. The molecule has 3 heteroatoms. The maximum atomic E-state index is 4.92. The predicted molar refractivity (Wildman–Crippen MR) is 66.9 cm³/mol. The highest BCUT2D eigenvalue weighted by Gasteiger charge is 2.37. The molecular weight excluding hydrogens is 210 g/mol. The van der Waals surface area contributed by atoms with Crippen molar-refractivity contribution in [2.75, 3.05) is 6.54 Å². The van der Waals surface area contributed by atoms with Gasteiger partial charge in [0.05, 0.1) is 5.69 Å². The Kier molecular flexibility index (Phi) is 2.13. The van der Waals surface area contributed by atoms with Crippen molar-refractivity contribution in [2.24, 2.45) is 11.8 Å². The molecule has 0 amide bonds. The lowest BCUT2D eigenvalue weighted by atomic mass is 10.2. The zero-order valence-electron chi connectivity index (χ0n) is 10.6. The zero-order chi connectivity index (χ0) is 11.4. The van der Waals surface area contributed by atoms with Crippen LogP contribution in [0.5, 0.6) is 0 Å². The average Bonchev–Trinajstić information content (AvgIpc) is 3.23. The number of imidazole rings is 1. The van der Waals surface area contributed by atoms with Crippen LogP contribution in [-0.2, 0) is 19.5 Å². The van der Waals surface area contributed by atoms with Crippen LogP contribution >= 0.6 is 0 Å².